The van der Waals surface area contributed by atoms with Crippen LogP contribution in [0.1, 0.15) is 6.42 Å². The van der Waals surface area contributed by atoms with Gasteiger partial charge in [0.1, 0.15) is 11.9 Å². The van der Waals surface area contributed by atoms with Gasteiger partial charge >= 0.3 is 5.97 Å². The van der Waals surface area contributed by atoms with E-state index < -0.39 is 12.0 Å². The molecule has 1 unspecified atom stereocenters. The van der Waals surface area contributed by atoms with Crippen molar-refractivity contribution in [2.75, 3.05) is 23.9 Å². The van der Waals surface area contributed by atoms with E-state index in [-0.39, 0.29) is 17.5 Å². The standard InChI is InChI=1S/C13H17FN2O3S/c1-19-13(18)11(15)6-7-20-8-12(17)16-10-4-2-9(14)3-5-10/h2-5,11H,6-8,15H2,1H3,(H,16,17). The highest BCUT2D eigenvalue weighted by Crippen LogP contribution is 2.10. The minimum absolute atomic E-state index is 0.187. The summed E-state index contributed by atoms with van der Waals surface area (Å²) in [7, 11) is 1.28. The van der Waals surface area contributed by atoms with E-state index in [4.69, 9.17) is 5.73 Å². The summed E-state index contributed by atoms with van der Waals surface area (Å²) in [6.07, 6.45) is 0.446. The van der Waals surface area contributed by atoms with Crippen molar-refractivity contribution in [1.29, 1.82) is 0 Å². The first-order valence-corrected chi connectivity index (χ1v) is 7.15. The lowest BCUT2D eigenvalue weighted by Gasteiger charge is -2.08. The molecule has 1 aromatic carbocycles. The number of nitrogens with one attached hydrogen (secondary N) is 1. The number of anilines is 1. The van der Waals surface area contributed by atoms with Crippen molar-refractivity contribution < 1.29 is 18.7 Å². The third kappa shape index (κ3) is 6.03. The average molecular weight is 300 g/mol. The molecule has 0 aliphatic rings. The number of carbonyl (C=O) groups is 2. The fourth-order valence-electron chi connectivity index (χ4n) is 1.37. The lowest BCUT2D eigenvalue weighted by molar-refractivity contribution is -0.142. The van der Waals surface area contributed by atoms with Crippen LogP contribution in [0, 0.1) is 5.82 Å². The lowest BCUT2D eigenvalue weighted by Crippen LogP contribution is -2.32. The van der Waals surface area contributed by atoms with Crippen molar-refractivity contribution in [2.24, 2.45) is 5.73 Å². The summed E-state index contributed by atoms with van der Waals surface area (Å²) in [6.45, 7) is 0. The monoisotopic (exact) mass is 300 g/mol. The first kappa shape index (κ1) is 16.5. The summed E-state index contributed by atoms with van der Waals surface area (Å²) in [5.41, 5.74) is 6.10. The molecular weight excluding hydrogens is 283 g/mol. The molecule has 5 nitrogen and oxygen atoms in total. The number of thioether (sulfide) groups is 1. The Balaban J connectivity index is 2.20. The van der Waals surface area contributed by atoms with Gasteiger partial charge < -0.3 is 15.8 Å². The number of hydrogen-bond acceptors (Lipinski definition) is 5. The molecule has 1 amide bonds. The largest absolute Gasteiger partial charge is 0.468 e. The van der Waals surface area contributed by atoms with E-state index in [1.54, 1.807) is 0 Å². The number of amides is 1. The van der Waals surface area contributed by atoms with Crippen LogP contribution in [-0.2, 0) is 14.3 Å². The highest BCUT2D eigenvalue weighted by molar-refractivity contribution is 7.99. The Morgan fingerprint density at radius 1 is 1.40 bits per heavy atom. The predicted molar refractivity (Wildman–Crippen MR) is 77.0 cm³/mol. The van der Waals surface area contributed by atoms with Gasteiger partial charge in [0.25, 0.3) is 0 Å². The Labute approximate surface area is 121 Å². The molecule has 0 fully saturated rings. The number of hydrogen-bond donors (Lipinski definition) is 2. The van der Waals surface area contributed by atoms with E-state index in [0.717, 1.165) is 0 Å². The van der Waals surface area contributed by atoms with Crippen LogP contribution in [0.4, 0.5) is 10.1 Å². The first-order chi connectivity index (χ1) is 9.52. The normalized spacial score (nSPS) is 11.8. The summed E-state index contributed by atoms with van der Waals surface area (Å²) in [4.78, 5) is 22.6. The Morgan fingerprint density at radius 2 is 2.05 bits per heavy atom. The smallest absolute Gasteiger partial charge is 0.322 e. The van der Waals surface area contributed by atoms with E-state index in [9.17, 15) is 14.0 Å². The second-order valence-corrected chi connectivity index (χ2v) is 5.13. The highest BCUT2D eigenvalue weighted by atomic mass is 32.2. The van der Waals surface area contributed by atoms with Crippen LogP contribution in [0.25, 0.3) is 0 Å². The van der Waals surface area contributed by atoms with E-state index in [0.29, 0.717) is 17.9 Å². The second kappa shape index (κ2) is 8.55. The molecule has 0 aliphatic carbocycles. The molecule has 1 atom stereocenters. The quantitative estimate of drug-likeness (QED) is 0.587. The van der Waals surface area contributed by atoms with E-state index >= 15 is 0 Å². The highest BCUT2D eigenvalue weighted by Gasteiger charge is 2.13. The average Bonchev–Trinajstić information content (AvgIpc) is 2.45. The Bertz CT molecular complexity index is 453. The molecule has 0 spiro atoms. The summed E-state index contributed by atoms with van der Waals surface area (Å²) in [6, 6.07) is 4.87. The summed E-state index contributed by atoms with van der Waals surface area (Å²) in [5, 5.41) is 2.64. The van der Waals surface area contributed by atoms with Crippen LogP contribution in [-0.4, -0.2) is 36.5 Å². The number of nitrogens with two attached hydrogens (primary N) is 1. The van der Waals surface area contributed by atoms with Gasteiger partial charge in [-0.3, -0.25) is 9.59 Å². The van der Waals surface area contributed by atoms with E-state index in [1.807, 2.05) is 0 Å². The van der Waals surface area contributed by atoms with Crippen molar-refractivity contribution in [3.8, 4) is 0 Å². The van der Waals surface area contributed by atoms with E-state index in [2.05, 4.69) is 10.1 Å². The van der Waals surface area contributed by atoms with Gasteiger partial charge in [-0.05, 0) is 36.4 Å². The predicted octanol–water partition coefficient (Wildman–Crippen LogP) is 1.39. The van der Waals surface area contributed by atoms with Crippen LogP contribution in [0.2, 0.25) is 0 Å². The molecule has 7 heteroatoms. The maximum Gasteiger partial charge on any atom is 0.322 e. The number of ether oxygens (including phenoxy) is 1. The van der Waals surface area contributed by atoms with Crippen molar-refractivity contribution in [1.82, 2.24) is 0 Å². The van der Waals surface area contributed by atoms with Gasteiger partial charge in [-0.2, -0.15) is 11.8 Å². The maximum absolute atomic E-state index is 12.7. The van der Waals surface area contributed by atoms with Crippen molar-refractivity contribution in [3.05, 3.63) is 30.1 Å². The number of methoxy groups -OCH3 is 1. The molecule has 1 aromatic rings. The van der Waals surface area contributed by atoms with Crippen LogP contribution < -0.4 is 11.1 Å². The molecule has 1 rings (SSSR count). The van der Waals surface area contributed by atoms with Crippen molar-refractivity contribution >= 4 is 29.3 Å². The number of carbonyl (C=O) groups excluding carboxylic acids is 2. The zero-order valence-electron chi connectivity index (χ0n) is 11.1. The third-order valence-electron chi connectivity index (χ3n) is 2.44. The topological polar surface area (TPSA) is 81.4 Å². The summed E-state index contributed by atoms with van der Waals surface area (Å²) in [5.74, 6) is -0.179. The Hall–Kier alpha value is -1.60. The zero-order valence-corrected chi connectivity index (χ0v) is 11.9. The number of benzene rings is 1. The number of rotatable bonds is 7. The Kier molecular flexibility index (Phi) is 7.03. The van der Waals surface area contributed by atoms with Crippen LogP contribution in [0.3, 0.4) is 0 Å². The molecule has 0 aliphatic heterocycles. The minimum Gasteiger partial charge on any atom is -0.468 e. The molecule has 110 valence electrons. The SMILES string of the molecule is COC(=O)C(N)CCSCC(=O)Nc1ccc(F)cc1. The van der Waals surface area contributed by atoms with E-state index in [1.165, 1.54) is 43.1 Å². The van der Waals surface area contributed by atoms with Gasteiger partial charge in [-0.25, -0.2) is 4.39 Å². The molecule has 3 N–H and O–H groups in total. The van der Waals surface area contributed by atoms with Gasteiger partial charge in [-0.15, -0.1) is 0 Å². The van der Waals surface area contributed by atoms with Crippen molar-refractivity contribution in [3.63, 3.8) is 0 Å². The molecule has 0 saturated heterocycles. The zero-order chi connectivity index (χ0) is 15.0. The van der Waals surface area contributed by atoms with Gasteiger partial charge in [0.15, 0.2) is 0 Å². The third-order valence-corrected chi connectivity index (χ3v) is 3.43. The fraction of sp³-hybridized carbons (Fsp3) is 0.385. The Morgan fingerprint density at radius 3 is 2.65 bits per heavy atom. The number of esters is 1. The molecule has 0 saturated carbocycles. The molecule has 0 bridgehead atoms. The first-order valence-electron chi connectivity index (χ1n) is 5.99. The lowest BCUT2D eigenvalue weighted by atomic mass is 10.2. The minimum atomic E-state index is -0.660. The van der Waals surface area contributed by atoms with Gasteiger partial charge in [0, 0.05) is 5.69 Å². The van der Waals surface area contributed by atoms with Gasteiger partial charge in [0.2, 0.25) is 5.91 Å². The molecule has 20 heavy (non-hydrogen) atoms. The second-order valence-electron chi connectivity index (χ2n) is 4.03. The van der Waals surface area contributed by atoms with Crippen LogP contribution in [0.5, 0.6) is 0 Å². The van der Waals surface area contributed by atoms with Gasteiger partial charge in [0.05, 0.1) is 12.9 Å². The number of halogens is 1. The molecule has 0 aromatic heterocycles. The van der Waals surface area contributed by atoms with Crippen LogP contribution >= 0.6 is 11.8 Å². The molecule has 0 heterocycles. The van der Waals surface area contributed by atoms with Crippen molar-refractivity contribution in [2.45, 2.75) is 12.5 Å². The summed E-state index contributed by atoms with van der Waals surface area (Å²) < 4.78 is 17.2. The summed E-state index contributed by atoms with van der Waals surface area (Å²) >= 11 is 1.37. The maximum atomic E-state index is 12.7. The fourth-order valence-corrected chi connectivity index (χ4v) is 2.20. The van der Waals surface area contributed by atoms with Gasteiger partial charge in [-0.1, -0.05) is 0 Å². The molecular formula is C13H17FN2O3S. The molecule has 0 radical (unpaired) electrons. The van der Waals surface area contributed by atoms with Crippen LogP contribution in [0.15, 0.2) is 24.3 Å².